The van der Waals surface area contributed by atoms with Gasteiger partial charge in [-0.25, -0.2) is 4.98 Å². The van der Waals surface area contributed by atoms with Gasteiger partial charge in [0, 0.05) is 33.1 Å². The van der Waals surface area contributed by atoms with Crippen molar-refractivity contribution in [3.8, 4) is 0 Å². The zero-order valence-electron chi connectivity index (χ0n) is 10.7. The van der Waals surface area contributed by atoms with E-state index in [9.17, 15) is 4.79 Å². The molecular formula is C12H19ClN4O. The van der Waals surface area contributed by atoms with Gasteiger partial charge >= 0.3 is 0 Å². The monoisotopic (exact) mass is 270 g/mol. The van der Waals surface area contributed by atoms with Crippen molar-refractivity contribution in [2.45, 2.75) is 25.8 Å². The Morgan fingerprint density at radius 1 is 1.50 bits per heavy atom. The molecule has 18 heavy (non-hydrogen) atoms. The Morgan fingerprint density at radius 2 is 2.22 bits per heavy atom. The second-order valence-corrected chi connectivity index (χ2v) is 4.96. The number of rotatable bonds is 5. The molecule has 5 nitrogen and oxygen atoms in total. The van der Waals surface area contributed by atoms with Crippen molar-refractivity contribution in [3.05, 3.63) is 17.2 Å². The zero-order valence-corrected chi connectivity index (χ0v) is 11.4. The Labute approximate surface area is 112 Å². The van der Waals surface area contributed by atoms with Gasteiger partial charge in [0.1, 0.15) is 11.0 Å². The molecule has 0 saturated carbocycles. The number of imidazole rings is 1. The molecule has 1 amide bonds. The van der Waals surface area contributed by atoms with Gasteiger partial charge in [0.15, 0.2) is 0 Å². The minimum atomic E-state index is 0.248. The van der Waals surface area contributed by atoms with E-state index < -0.39 is 0 Å². The molecule has 1 aliphatic rings. The number of hydrogen-bond donors (Lipinski definition) is 1. The van der Waals surface area contributed by atoms with Crippen molar-refractivity contribution in [2.24, 2.45) is 7.05 Å². The Bertz CT molecular complexity index is 412. The first-order valence-corrected chi connectivity index (χ1v) is 6.71. The molecule has 0 aliphatic carbocycles. The van der Waals surface area contributed by atoms with Gasteiger partial charge in [-0.05, 0) is 12.8 Å². The largest absolute Gasteiger partial charge is 0.343 e. The molecule has 100 valence electrons. The van der Waals surface area contributed by atoms with Gasteiger partial charge in [0.05, 0.1) is 12.7 Å². The molecular weight excluding hydrogens is 252 g/mol. The maximum Gasteiger partial charge on any atom is 0.223 e. The maximum absolute atomic E-state index is 11.8. The number of carbonyl (C=O) groups is 1. The first-order valence-electron chi connectivity index (χ1n) is 6.33. The van der Waals surface area contributed by atoms with Gasteiger partial charge < -0.3 is 14.8 Å². The van der Waals surface area contributed by atoms with Gasteiger partial charge in [-0.2, -0.15) is 0 Å². The number of carbonyl (C=O) groups excluding carboxylic acids is 1. The number of hydrogen-bond acceptors (Lipinski definition) is 3. The molecule has 2 heterocycles. The number of nitrogens with one attached hydrogen (secondary N) is 1. The third-order valence-corrected chi connectivity index (χ3v) is 3.64. The van der Waals surface area contributed by atoms with Gasteiger partial charge in [0.25, 0.3) is 0 Å². The van der Waals surface area contributed by atoms with E-state index in [0.717, 1.165) is 31.8 Å². The van der Waals surface area contributed by atoms with Crippen LogP contribution in [0.15, 0.2) is 6.20 Å². The first kappa shape index (κ1) is 13.4. The Morgan fingerprint density at radius 3 is 2.83 bits per heavy atom. The maximum atomic E-state index is 11.8. The zero-order chi connectivity index (χ0) is 13.0. The van der Waals surface area contributed by atoms with Crippen molar-refractivity contribution in [3.63, 3.8) is 0 Å². The summed E-state index contributed by atoms with van der Waals surface area (Å²) in [5, 5.41) is 3.85. The van der Waals surface area contributed by atoms with E-state index in [-0.39, 0.29) is 5.91 Å². The quantitative estimate of drug-likeness (QED) is 0.818. The summed E-state index contributed by atoms with van der Waals surface area (Å²) >= 11 is 5.89. The van der Waals surface area contributed by atoms with Gasteiger partial charge in [-0.15, -0.1) is 0 Å². The van der Waals surface area contributed by atoms with Crippen LogP contribution in [0.5, 0.6) is 0 Å². The molecule has 1 aliphatic heterocycles. The Hall–Kier alpha value is -1.07. The fraction of sp³-hybridized carbons (Fsp3) is 0.667. The van der Waals surface area contributed by atoms with Crippen LogP contribution < -0.4 is 5.32 Å². The third kappa shape index (κ3) is 3.23. The highest BCUT2D eigenvalue weighted by atomic mass is 35.5. The molecule has 0 bridgehead atoms. The number of nitrogens with zero attached hydrogens (tertiary/aromatic N) is 3. The molecule has 1 aromatic heterocycles. The first-order chi connectivity index (χ1) is 8.68. The summed E-state index contributed by atoms with van der Waals surface area (Å²) in [5.74, 6) is 1.13. The second-order valence-electron chi connectivity index (χ2n) is 4.57. The lowest BCUT2D eigenvalue weighted by Crippen LogP contribution is -2.30. The summed E-state index contributed by atoms with van der Waals surface area (Å²) in [5.41, 5.74) is 0. The van der Waals surface area contributed by atoms with Gasteiger partial charge in [0.2, 0.25) is 5.91 Å². The standard InChI is InChI=1S/C12H19ClN4O/c1-16-10(13)8-15-11(16)9-14-5-4-12(18)17-6-2-3-7-17/h8,14H,2-7,9H2,1H3. The fourth-order valence-electron chi connectivity index (χ4n) is 2.11. The predicted molar refractivity (Wildman–Crippen MR) is 70.4 cm³/mol. The van der Waals surface area contributed by atoms with E-state index in [1.807, 2.05) is 16.5 Å². The number of likely N-dealkylation sites (tertiary alicyclic amines) is 1. The van der Waals surface area contributed by atoms with Crippen molar-refractivity contribution < 1.29 is 4.79 Å². The second kappa shape index (κ2) is 6.20. The Balaban J connectivity index is 1.66. The van der Waals surface area contributed by atoms with Crippen LogP contribution in [0, 0.1) is 0 Å². The summed E-state index contributed by atoms with van der Waals surface area (Å²) in [6.07, 6.45) is 4.47. The van der Waals surface area contributed by atoms with Gasteiger partial charge in [-0.3, -0.25) is 4.79 Å². The number of aromatic nitrogens is 2. The topological polar surface area (TPSA) is 50.2 Å². The molecule has 1 aromatic rings. The van der Waals surface area contributed by atoms with E-state index >= 15 is 0 Å². The number of amides is 1. The molecule has 0 spiro atoms. The molecule has 0 atom stereocenters. The average molecular weight is 271 g/mol. The summed E-state index contributed by atoms with van der Waals surface area (Å²) < 4.78 is 1.83. The van der Waals surface area contributed by atoms with E-state index in [4.69, 9.17) is 11.6 Å². The predicted octanol–water partition coefficient (Wildman–Crippen LogP) is 1.18. The van der Waals surface area contributed by atoms with Crippen LogP contribution in [0.3, 0.4) is 0 Å². The summed E-state index contributed by atoms with van der Waals surface area (Å²) in [6.45, 7) is 3.16. The lowest BCUT2D eigenvalue weighted by atomic mass is 10.3. The van der Waals surface area contributed by atoms with E-state index in [0.29, 0.717) is 24.7 Å². The van der Waals surface area contributed by atoms with Gasteiger partial charge in [-0.1, -0.05) is 11.6 Å². The summed E-state index contributed by atoms with van der Waals surface area (Å²) in [7, 11) is 1.88. The molecule has 6 heteroatoms. The Kier molecular flexibility index (Phi) is 4.60. The molecule has 0 aromatic carbocycles. The highest BCUT2D eigenvalue weighted by Gasteiger charge is 2.16. The van der Waals surface area contributed by atoms with Crippen LogP contribution in [0.2, 0.25) is 5.15 Å². The van der Waals surface area contributed by atoms with Crippen LogP contribution in [-0.4, -0.2) is 40.0 Å². The highest BCUT2D eigenvalue weighted by molar-refractivity contribution is 6.29. The minimum absolute atomic E-state index is 0.248. The molecule has 2 rings (SSSR count). The molecule has 0 radical (unpaired) electrons. The van der Waals surface area contributed by atoms with Crippen molar-refractivity contribution >= 4 is 17.5 Å². The summed E-state index contributed by atoms with van der Waals surface area (Å²) in [4.78, 5) is 17.9. The van der Waals surface area contributed by atoms with E-state index in [1.165, 1.54) is 0 Å². The molecule has 0 unspecified atom stereocenters. The van der Waals surface area contributed by atoms with Crippen LogP contribution in [0.4, 0.5) is 0 Å². The molecule has 1 N–H and O–H groups in total. The third-order valence-electron chi connectivity index (χ3n) is 3.29. The number of halogens is 1. The smallest absolute Gasteiger partial charge is 0.223 e. The average Bonchev–Trinajstić information content (AvgIpc) is 2.99. The highest BCUT2D eigenvalue weighted by Crippen LogP contribution is 2.09. The van der Waals surface area contributed by atoms with Crippen molar-refractivity contribution in [1.82, 2.24) is 19.8 Å². The van der Waals surface area contributed by atoms with Crippen LogP contribution in [0.25, 0.3) is 0 Å². The molecule has 1 fully saturated rings. The van der Waals surface area contributed by atoms with Crippen molar-refractivity contribution in [1.29, 1.82) is 0 Å². The lowest BCUT2D eigenvalue weighted by molar-refractivity contribution is -0.130. The molecule has 1 saturated heterocycles. The van der Waals surface area contributed by atoms with Crippen LogP contribution >= 0.6 is 11.6 Å². The lowest BCUT2D eigenvalue weighted by Gasteiger charge is -2.15. The SMILES string of the molecule is Cn1c(Cl)cnc1CNCCC(=O)N1CCCC1. The van der Waals surface area contributed by atoms with E-state index in [1.54, 1.807) is 6.20 Å². The van der Waals surface area contributed by atoms with E-state index in [2.05, 4.69) is 10.3 Å². The van der Waals surface area contributed by atoms with Crippen molar-refractivity contribution in [2.75, 3.05) is 19.6 Å². The fourth-order valence-corrected chi connectivity index (χ4v) is 2.26. The van der Waals surface area contributed by atoms with Crippen LogP contribution in [-0.2, 0) is 18.4 Å². The normalized spacial score (nSPS) is 15.3. The van der Waals surface area contributed by atoms with Crippen LogP contribution in [0.1, 0.15) is 25.1 Å². The minimum Gasteiger partial charge on any atom is -0.343 e. The summed E-state index contributed by atoms with van der Waals surface area (Å²) in [6, 6.07) is 0.